The van der Waals surface area contributed by atoms with Crippen LogP contribution in [0.25, 0.3) is 0 Å². The molecule has 0 heterocycles. The van der Waals surface area contributed by atoms with Gasteiger partial charge in [-0.25, -0.2) is 0 Å². The molecule has 1 nitrogen and oxygen atoms in total. The zero-order chi connectivity index (χ0) is 5.28. The summed E-state index contributed by atoms with van der Waals surface area (Å²) in [6, 6.07) is 0. The Labute approximate surface area is 47.5 Å². The maximum atomic E-state index is 10.4. The predicted molar refractivity (Wildman–Crippen MR) is 31.5 cm³/mol. The molecule has 0 saturated heterocycles. The van der Waals surface area contributed by atoms with Gasteiger partial charge < -0.3 is 0 Å². The first-order valence-corrected chi connectivity index (χ1v) is 3.69. The molecule has 40 valence electrons. The maximum Gasteiger partial charge on any atom is 0.145 e. The average Bonchev–Trinajstić information content (AvgIpc) is 1.65. The molecule has 1 atom stereocenters. The Morgan fingerprint density at radius 2 is 2.57 bits per heavy atom. The van der Waals surface area contributed by atoms with E-state index in [1.54, 1.807) is 11.8 Å². The number of ketones is 1. The van der Waals surface area contributed by atoms with E-state index < -0.39 is 0 Å². The lowest BCUT2D eigenvalue weighted by atomic mass is 9.98. The molecule has 0 bridgehead atoms. The van der Waals surface area contributed by atoms with E-state index >= 15 is 0 Å². The van der Waals surface area contributed by atoms with Crippen LogP contribution in [0.15, 0.2) is 0 Å². The summed E-state index contributed by atoms with van der Waals surface area (Å²) in [5, 5.41) is 0.361. The summed E-state index contributed by atoms with van der Waals surface area (Å²) in [7, 11) is 0. The standard InChI is InChI=1S/C5H8OS/c1-7-5-3-2-4(5)6/h5H,2-3H2,1H3/t5-/m0/s1. The summed E-state index contributed by atoms with van der Waals surface area (Å²) in [6.45, 7) is 0. The van der Waals surface area contributed by atoms with Gasteiger partial charge in [0.25, 0.3) is 0 Å². The van der Waals surface area contributed by atoms with Crippen LogP contribution in [-0.4, -0.2) is 17.3 Å². The van der Waals surface area contributed by atoms with Crippen LogP contribution in [0.1, 0.15) is 12.8 Å². The van der Waals surface area contributed by atoms with Crippen LogP contribution in [0.5, 0.6) is 0 Å². The number of thioether (sulfide) groups is 1. The molecule has 0 aromatic carbocycles. The van der Waals surface area contributed by atoms with Crippen molar-refractivity contribution in [3.63, 3.8) is 0 Å². The predicted octanol–water partition coefficient (Wildman–Crippen LogP) is 1.08. The minimum Gasteiger partial charge on any atom is -0.298 e. The minimum atomic E-state index is 0.361. The third-order valence-corrected chi connectivity index (χ3v) is 2.36. The molecule has 0 radical (unpaired) electrons. The van der Waals surface area contributed by atoms with Gasteiger partial charge >= 0.3 is 0 Å². The van der Waals surface area contributed by atoms with Gasteiger partial charge in [-0.2, -0.15) is 11.8 Å². The van der Waals surface area contributed by atoms with E-state index in [9.17, 15) is 4.79 Å². The molecule has 1 rings (SSSR count). The van der Waals surface area contributed by atoms with E-state index in [0.717, 1.165) is 12.8 Å². The van der Waals surface area contributed by atoms with Crippen LogP contribution in [0.2, 0.25) is 0 Å². The quantitative estimate of drug-likeness (QED) is 0.510. The molecule has 0 unspecified atom stereocenters. The maximum absolute atomic E-state index is 10.4. The van der Waals surface area contributed by atoms with Gasteiger partial charge in [0.2, 0.25) is 0 Å². The first kappa shape index (κ1) is 5.16. The molecule has 0 amide bonds. The van der Waals surface area contributed by atoms with Crippen molar-refractivity contribution in [3.8, 4) is 0 Å². The second-order valence-corrected chi connectivity index (χ2v) is 2.77. The fourth-order valence-electron chi connectivity index (χ4n) is 0.629. The first-order valence-electron chi connectivity index (χ1n) is 2.40. The van der Waals surface area contributed by atoms with Crippen LogP contribution < -0.4 is 0 Å². The van der Waals surface area contributed by atoms with Gasteiger partial charge in [-0.15, -0.1) is 0 Å². The second kappa shape index (κ2) is 1.86. The van der Waals surface area contributed by atoms with Crippen molar-refractivity contribution in [2.24, 2.45) is 0 Å². The monoisotopic (exact) mass is 116 g/mol. The van der Waals surface area contributed by atoms with Crippen LogP contribution in [0.4, 0.5) is 0 Å². The van der Waals surface area contributed by atoms with Crippen molar-refractivity contribution < 1.29 is 4.79 Å². The summed E-state index contributed by atoms with van der Waals surface area (Å²) in [4.78, 5) is 10.4. The van der Waals surface area contributed by atoms with Crippen molar-refractivity contribution >= 4 is 17.5 Å². The summed E-state index contributed by atoms with van der Waals surface area (Å²) in [5.74, 6) is 0.438. The van der Waals surface area contributed by atoms with E-state index in [2.05, 4.69) is 0 Å². The van der Waals surface area contributed by atoms with Gasteiger partial charge in [-0.3, -0.25) is 4.79 Å². The summed E-state index contributed by atoms with van der Waals surface area (Å²) < 4.78 is 0. The minimum absolute atomic E-state index is 0.361. The second-order valence-electron chi connectivity index (χ2n) is 1.73. The molecule has 1 aliphatic carbocycles. The number of Topliss-reactive ketones (excluding diaryl/α,β-unsaturated/α-hetero) is 1. The van der Waals surface area contributed by atoms with Gasteiger partial charge in [0.15, 0.2) is 0 Å². The molecule has 1 aliphatic rings. The van der Waals surface area contributed by atoms with Crippen molar-refractivity contribution in [2.45, 2.75) is 18.1 Å². The SMILES string of the molecule is CS[C@H]1CCC1=O. The number of rotatable bonds is 1. The van der Waals surface area contributed by atoms with Gasteiger partial charge in [-0.1, -0.05) is 0 Å². The molecule has 2 heteroatoms. The summed E-state index contributed by atoms with van der Waals surface area (Å²) in [6.07, 6.45) is 3.92. The Hall–Kier alpha value is 0.0200. The van der Waals surface area contributed by atoms with Crippen LogP contribution in [0.3, 0.4) is 0 Å². The third kappa shape index (κ3) is 0.801. The Morgan fingerprint density at radius 3 is 2.57 bits per heavy atom. The Balaban J connectivity index is 2.29. The van der Waals surface area contributed by atoms with E-state index in [1.807, 2.05) is 6.26 Å². The highest BCUT2D eigenvalue weighted by Crippen LogP contribution is 2.25. The Kier molecular flexibility index (Phi) is 1.38. The largest absolute Gasteiger partial charge is 0.298 e. The normalized spacial score (nSPS) is 29.9. The molecule has 1 saturated carbocycles. The Bertz CT molecular complexity index is 88.1. The highest BCUT2D eigenvalue weighted by molar-refractivity contribution is 8.00. The fraction of sp³-hybridized carbons (Fsp3) is 0.800. The molecule has 0 aromatic heterocycles. The number of carbonyl (C=O) groups excluding carboxylic acids is 1. The van der Waals surface area contributed by atoms with E-state index in [-0.39, 0.29) is 0 Å². The van der Waals surface area contributed by atoms with Crippen LogP contribution in [-0.2, 0) is 4.79 Å². The molecular weight excluding hydrogens is 108 g/mol. The molecule has 0 spiro atoms. The lowest BCUT2D eigenvalue weighted by molar-refractivity contribution is -0.122. The van der Waals surface area contributed by atoms with Gasteiger partial charge in [-0.05, 0) is 12.7 Å². The molecule has 7 heavy (non-hydrogen) atoms. The topological polar surface area (TPSA) is 17.1 Å². The summed E-state index contributed by atoms with van der Waals surface area (Å²) in [5.41, 5.74) is 0. The van der Waals surface area contributed by atoms with Crippen LogP contribution in [0, 0.1) is 0 Å². The lowest BCUT2D eigenvalue weighted by Crippen LogP contribution is -2.27. The van der Waals surface area contributed by atoms with E-state index in [4.69, 9.17) is 0 Å². The molecule has 0 aromatic rings. The molecule has 0 aliphatic heterocycles. The molecular formula is C5H8OS. The number of carbonyl (C=O) groups is 1. The van der Waals surface area contributed by atoms with Gasteiger partial charge in [0, 0.05) is 6.42 Å². The first-order chi connectivity index (χ1) is 3.34. The number of hydrogen-bond acceptors (Lipinski definition) is 2. The van der Waals surface area contributed by atoms with Gasteiger partial charge in [0.1, 0.15) is 5.78 Å². The van der Waals surface area contributed by atoms with Gasteiger partial charge in [0.05, 0.1) is 5.25 Å². The zero-order valence-electron chi connectivity index (χ0n) is 4.31. The highest BCUT2D eigenvalue weighted by atomic mass is 32.2. The number of hydrogen-bond donors (Lipinski definition) is 0. The fourth-order valence-corrected chi connectivity index (χ4v) is 1.36. The summed E-state index contributed by atoms with van der Waals surface area (Å²) >= 11 is 1.67. The van der Waals surface area contributed by atoms with E-state index in [0.29, 0.717) is 11.0 Å². The van der Waals surface area contributed by atoms with Crippen LogP contribution >= 0.6 is 11.8 Å². The van der Waals surface area contributed by atoms with Crippen molar-refractivity contribution in [1.29, 1.82) is 0 Å². The van der Waals surface area contributed by atoms with Crippen molar-refractivity contribution in [3.05, 3.63) is 0 Å². The molecule has 1 fully saturated rings. The average molecular weight is 116 g/mol. The lowest BCUT2D eigenvalue weighted by Gasteiger charge is -2.20. The van der Waals surface area contributed by atoms with Crippen molar-refractivity contribution in [2.75, 3.05) is 6.26 Å². The smallest absolute Gasteiger partial charge is 0.145 e. The zero-order valence-corrected chi connectivity index (χ0v) is 5.12. The van der Waals surface area contributed by atoms with Crippen molar-refractivity contribution in [1.82, 2.24) is 0 Å². The molecule has 0 N–H and O–H groups in total. The highest BCUT2D eigenvalue weighted by Gasteiger charge is 2.26. The Morgan fingerprint density at radius 1 is 1.86 bits per heavy atom. The third-order valence-electron chi connectivity index (χ3n) is 1.30. The van der Waals surface area contributed by atoms with E-state index in [1.165, 1.54) is 0 Å².